The molecule has 1 amide bonds. The van der Waals surface area contributed by atoms with Gasteiger partial charge in [-0.05, 0) is 37.7 Å². The molecule has 5 heteroatoms. The molecule has 0 aliphatic carbocycles. The molecular weight excluding hydrogens is 268 g/mol. The molecule has 2 aliphatic heterocycles. The van der Waals surface area contributed by atoms with E-state index in [0.717, 1.165) is 18.4 Å². The summed E-state index contributed by atoms with van der Waals surface area (Å²) in [5.74, 6) is -1.12. The first-order chi connectivity index (χ1) is 10.0. The van der Waals surface area contributed by atoms with Crippen molar-refractivity contribution in [1.82, 2.24) is 4.90 Å². The molecule has 2 aliphatic rings. The molecule has 5 nitrogen and oxygen atoms in total. The molecule has 3 rings (SSSR count). The van der Waals surface area contributed by atoms with Gasteiger partial charge < -0.3 is 15.7 Å². The van der Waals surface area contributed by atoms with E-state index in [2.05, 4.69) is 0 Å². The maximum absolute atomic E-state index is 12.8. The third-order valence-corrected chi connectivity index (χ3v) is 4.73. The fraction of sp³-hybridized carbons (Fsp3) is 0.500. The van der Waals surface area contributed by atoms with Crippen LogP contribution in [0.25, 0.3) is 0 Å². The molecule has 2 fully saturated rings. The number of piperidine rings is 1. The minimum Gasteiger partial charge on any atom is -0.480 e. The summed E-state index contributed by atoms with van der Waals surface area (Å²) < 4.78 is 0. The van der Waals surface area contributed by atoms with E-state index in [0.29, 0.717) is 19.3 Å². The topological polar surface area (TPSA) is 83.6 Å². The number of aliphatic carboxylic acids is 1. The van der Waals surface area contributed by atoms with E-state index < -0.39 is 17.6 Å². The lowest BCUT2D eigenvalue weighted by Gasteiger charge is -2.42. The highest BCUT2D eigenvalue weighted by Gasteiger charge is 2.51. The normalized spacial score (nSPS) is 32.0. The number of fused-ring (bicyclic) bond motifs is 1. The van der Waals surface area contributed by atoms with Crippen molar-refractivity contribution in [2.75, 3.05) is 0 Å². The molecule has 1 aromatic carbocycles. The van der Waals surface area contributed by atoms with Crippen LogP contribution in [0.1, 0.15) is 31.2 Å². The predicted molar refractivity (Wildman–Crippen MR) is 77.6 cm³/mol. The van der Waals surface area contributed by atoms with Crippen molar-refractivity contribution < 1.29 is 14.7 Å². The van der Waals surface area contributed by atoms with E-state index in [1.54, 1.807) is 0 Å². The molecule has 0 saturated carbocycles. The van der Waals surface area contributed by atoms with Gasteiger partial charge in [0.2, 0.25) is 5.91 Å². The van der Waals surface area contributed by atoms with Gasteiger partial charge in [-0.1, -0.05) is 30.3 Å². The molecule has 112 valence electrons. The minimum atomic E-state index is -0.976. The number of rotatable bonds is 3. The Kier molecular flexibility index (Phi) is 3.45. The zero-order chi connectivity index (χ0) is 15.0. The first-order valence-electron chi connectivity index (χ1n) is 7.40. The number of carbonyl (C=O) groups excluding carboxylic acids is 1. The number of hydrogen-bond acceptors (Lipinski definition) is 3. The number of carbonyl (C=O) groups is 2. The Hall–Kier alpha value is -1.88. The van der Waals surface area contributed by atoms with Gasteiger partial charge in [0, 0.05) is 6.04 Å². The molecule has 3 atom stereocenters. The van der Waals surface area contributed by atoms with E-state index in [1.807, 2.05) is 30.3 Å². The average Bonchev–Trinajstić information content (AvgIpc) is 2.89. The summed E-state index contributed by atoms with van der Waals surface area (Å²) in [4.78, 5) is 25.7. The van der Waals surface area contributed by atoms with Gasteiger partial charge in [0.1, 0.15) is 6.04 Å². The molecule has 0 spiro atoms. The molecule has 2 saturated heterocycles. The van der Waals surface area contributed by atoms with Crippen LogP contribution < -0.4 is 5.73 Å². The zero-order valence-electron chi connectivity index (χ0n) is 11.9. The fourth-order valence-corrected chi connectivity index (χ4v) is 3.63. The second kappa shape index (κ2) is 5.15. The highest BCUT2D eigenvalue weighted by atomic mass is 16.4. The Balaban J connectivity index is 1.84. The van der Waals surface area contributed by atoms with Crippen molar-refractivity contribution in [3.05, 3.63) is 35.9 Å². The standard InChI is InChI=1S/C16H20N2O3/c17-16(10-11-4-2-1-3-5-11)9-8-12-6-7-13(14(19)20)18(12)15(16)21/h1-5,12-13H,6-10,17H2,(H,19,20)/t12?,13?,16-/m0/s1. The van der Waals surface area contributed by atoms with E-state index in [9.17, 15) is 14.7 Å². The summed E-state index contributed by atoms with van der Waals surface area (Å²) in [5.41, 5.74) is 6.40. The largest absolute Gasteiger partial charge is 0.480 e. The van der Waals surface area contributed by atoms with Crippen molar-refractivity contribution in [2.45, 2.75) is 49.7 Å². The van der Waals surface area contributed by atoms with Crippen LogP contribution in [0.15, 0.2) is 30.3 Å². The van der Waals surface area contributed by atoms with Crippen molar-refractivity contribution in [1.29, 1.82) is 0 Å². The first kappa shape index (κ1) is 14.1. The molecule has 0 radical (unpaired) electrons. The third-order valence-electron chi connectivity index (χ3n) is 4.73. The molecule has 0 bridgehead atoms. The van der Waals surface area contributed by atoms with Gasteiger partial charge in [-0.15, -0.1) is 0 Å². The van der Waals surface area contributed by atoms with Crippen LogP contribution in [-0.4, -0.2) is 39.5 Å². The van der Waals surface area contributed by atoms with Crippen LogP contribution in [0.2, 0.25) is 0 Å². The summed E-state index contributed by atoms with van der Waals surface area (Å²) in [5, 5.41) is 9.30. The molecule has 21 heavy (non-hydrogen) atoms. The van der Waals surface area contributed by atoms with Gasteiger partial charge in [0.05, 0.1) is 5.54 Å². The van der Waals surface area contributed by atoms with Crippen LogP contribution in [0, 0.1) is 0 Å². The van der Waals surface area contributed by atoms with E-state index in [1.165, 1.54) is 4.90 Å². The number of nitrogens with zero attached hydrogens (tertiary/aromatic N) is 1. The second-order valence-corrected chi connectivity index (χ2v) is 6.15. The highest BCUT2D eigenvalue weighted by molar-refractivity contribution is 5.91. The molecular formula is C16H20N2O3. The number of carboxylic acids is 1. The van der Waals surface area contributed by atoms with E-state index in [4.69, 9.17) is 5.73 Å². The van der Waals surface area contributed by atoms with Gasteiger partial charge in [0.15, 0.2) is 0 Å². The van der Waals surface area contributed by atoms with E-state index >= 15 is 0 Å². The van der Waals surface area contributed by atoms with Crippen LogP contribution in [0.4, 0.5) is 0 Å². The van der Waals surface area contributed by atoms with Crippen LogP contribution >= 0.6 is 0 Å². The summed E-state index contributed by atoms with van der Waals surface area (Å²) in [6.07, 6.45) is 3.17. The molecule has 2 heterocycles. The molecule has 1 aromatic rings. The number of amides is 1. The number of nitrogens with two attached hydrogens (primary N) is 1. The summed E-state index contributed by atoms with van der Waals surface area (Å²) in [7, 11) is 0. The highest BCUT2D eigenvalue weighted by Crippen LogP contribution is 2.37. The zero-order valence-corrected chi connectivity index (χ0v) is 11.9. The Morgan fingerprint density at radius 2 is 2.00 bits per heavy atom. The van der Waals surface area contributed by atoms with Gasteiger partial charge >= 0.3 is 5.97 Å². The van der Waals surface area contributed by atoms with Crippen molar-refractivity contribution in [3.63, 3.8) is 0 Å². The number of carboxylic acid groups (broad SMARTS) is 1. The summed E-state index contributed by atoms with van der Waals surface area (Å²) in [6, 6.07) is 9.01. The van der Waals surface area contributed by atoms with Crippen LogP contribution in [0.5, 0.6) is 0 Å². The number of benzene rings is 1. The van der Waals surface area contributed by atoms with Crippen LogP contribution in [-0.2, 0) is 16.0 Å². The van der Waals surface area contributed by atoms with Gasteiger partial charge in [-0.3, -0.25) is 4.79 Å². The van der Waals surface area contributed by atoms with Gasteiger partial charge in [0.25, 0.3) is 0 Å². The number of hydrogen-bond donors (Lipinski definition) is 2. The SMILES string of the molecule is N[C@]1(Cc2ccccc2)CCC2CCC(C(=O)O)N2C1=O. The Bertz CT molecular complexity index is 560. The summed E-state index contributed by atoms with van der Waals surface area (Å²) in [6.45, 7) is 0. The van der Waals surface area contributed by atoms with Gasteiger partial charge in [-0.25, -0.2) is 4.79 Å². The van der Waals surface area contributed by atoms with Crippen LogP contribution in [0.3, 0.4) is 0 Å². The van der Waals surface area contributed by atoms with Crippen molar-refractivity contribution in [3.8, 4) is 0 Å². The van der Waals surface area contributed by atoms with E-state index in [-0.39, 0.29) is 11.9 Å². The molecule has 2 unspecified atom stereocenters. The Morgan fingerprint density at radius 3 is 2.67 bits per heavy atom. The molecule has 3 N–H and O–H groups in total. The van der Waals surface area contributed by atoms with Gasteiger partial charge in [-0.2, -0.15) is 0 Å². The lowest BCUT2D eigenvalue weighted by Crippen LogP contribution is -2.64. The maximum atomic E-state index is 12.8. The smallest absolute Gasteiger partial charge is 0.326 e. The van der Waals surface area contributed by atoms with Crippen molar-refractivity contribution in [2.24, 2.45) is 5.73 Å². The fourth-order valence-electron chi connectivity index (χ4n) is 3.63. The minimum absolute atomic E-state index is 0.0473. The maximum Gasteiger partial charge on any atom is 0.326 e. The second-order valence-electron chi connectivity index (χ2n) is 6.15. The molecule has 0 aromatic heterocycles. The third kappa shape index (κ3) is 2.42. The predicted octanol–water partition coefficient (Wildman–Crippen LogP) is 1.16. The first-order valence-corrected chi connectivity index (χ1v) is 7.40. The summed E-state index contributed by atoms with van der Waals surface area (Å²) >= 11 is 0. The lowest BCUT2D eigenvalue weighted by atomic mass is 9.81. The van der Waals surface area contributed by atoms with Crippen molar-refractivity contribution >= 4 is 11.9 Å². The average molecular weight is 288 g/mol. The Morgan fingerprint density at radius 1 is 1.29 bits per heavy atom. The quantitative estimate of drug-likeness (QED) is 0.874. The lowest BCUT2D eigenvalue weighted by molar-refractivity contribution is -0.154. The monoisotopic (exact) mass is 288 g/mol. The Labute approximate surface area is 123 Å².